The Bertz CT molecular complexity index is 2110. The standard InChI is InChI=1S/C42H48N2O6S2Si/c1-40(2,3)53(33-17-8-6-9-18-33,34-19-10-7-11-20-34)49-31-42(27-28-42)25-14-12-16-32-22-23-35-36(30-32)51-37(43-35)24-26-41(4,52(5,46)47)39(45)44-50-38-21-13-15-29-48-38/h6-11,17-20,22-23,30,38H,13,15,21,24,26-29,31H2,1-5H3,(H,44,45). The number of aromatic nitrogens is 1. The molecule has 1 saturated carbocycles. The molecule has 53 heavy (non-hydrogen) atoms. The van der Waals surface area contributed by atoms with Crippen LogP contribution in [0.1, 0.15) is 76.8 Å². The SMILES string of the molecule is CC(C)(C)[Si](OCC1(C#CC#Cc2ccc3nc(CCC(C)(C(=O)NOC4CCCCO4)S(C)(=O)=O)sc3c2)CC1)(c1ccccc1)c1ccccc1. The van der Waals surface area contributed by atoms with E-state index >= 15 is 0 Å². The first-order valence-corrected chi connectivity index (χ1v) is 22.8. The van der Waals surface area contributed by atoms with Gasteiger partial charge in [-0.3, -0.25) is 4.79 Å². The lowest BCUT2D eigenvalue weighted by Gasteiger charge is -2.43. The Hall–Kier alpha value is -3.81. The number of nitrogens with zero attached hydrogens (tertiary/aromatic N) is 1. The summed E-state index contributed by atoms with van der Waals surface area (Å²) in [5.74, 6) is 12.1. The zero-order valence-corrected chi connectivity index (χ0v) is 33.8. The third-order valence-electron chi connectivity index (χ3n) is 10.4. The summed E-state index contributed by atoms with van der Waals surface area (Å²) in [6, 6.07) is 27.1. The quantitative estimate of drug-likeness (QED) is 0.102. The van der Waals surface area contributed by atoms with E-state index in [0.29, 0.717) is 26.1 Å². The second kappa shape index (κ2) is 15.9. The van der Waals surface area contributed by atoms with Crippen LogP contribution in [-0.4, -0.2) is 58.1 Å². The van der Waals surface area contributed by atoms with Crippen molar-refractivity contribution in [3.05, 3.63) is 89.4 Å². The number of benzene rings is 3. The van der Waals surface area contributed by atoms with Gasteiger partial charge in [0.1, 0.15) is 4.75 Å². The van der Waals surface area contributed by atoms with Gasteiger partial charge in [-0.1, -0.05) is 93.3 Å². The van der Waals surface area contributed by atoms with E-state index in [4.69, 9.17) is 19.0 Å². The molecular weight excluding hydrogens is 721 g/mol. The molecule has 1 aliphatic heterocycles. The topological polar surface area (TPSA) is 104 Å². The molecule has 1 aromatic heterocycles. The third kappa shape index (κ3) is 8.78. The number of ether oxygens (including phenoxy) is 1. The molecule has 0 spiro atoms. The second-order valence-corrected chi connectivity index (χ2v) is 23.2. The van der Waals surface area contributed by atoms with E-state index < -0.39 is 35.1 Å². The highest BCUT2D eigenvalue weighted by molar-refractivity contribution is 7.92. The van der Waals surface area contributed by atoms with E-state index in [1.807, 2.05) is 18.2 Å². The fourth-order valence-electron chi connectivity index (χ4n) is 6.73. The van der Waals surface area contributed by atoms with Crippen molar-refractivity contribution in [1.82, 2.24) is 10.5 Å². The molecule has 6 rings (SSSR count). The lowest BCUT2D eigenvalue weighted by molar-refractivity contribution is -0.201. The molecule has 2 unspecified atom stereocenters. The van der Waals surface area contributed by atoms with Crippen molar-refractivity contribution in [1.29, 1.82) is 0 Å². The number of aryl methyl sites for hydroxylation is 1. The van der Waals surface area contributed by atoms with Crippen LogP contribution >= 0.6 is 11.3 Å². The molecule has 2 heterocycles. The zero-order chi connectivity index (χ0) is 37.7. The fraction of sp³-hybridized carbons (Fsp3) is 0.429. The van der Waals surface area contributed by atoms with Crippen molar-refractivity contribution in [2.24, 2.45) is 5.41 Å². The maximum Gasteiger partial charge on any atom is 0.264 e. The van der Waals surface area contributed by atoms with Gasteiger partial charge in [0, 0.05) is 31.3 Å². The minimum atomic E-state index is -3.78. The van der Waals surface area contributed by atoms with Crippen LogP contribution in [0.2, 0.25) is 5.04 Å². The highest BCUT2D eigenvalue weighted by Gasteiger charge is 2.53. The second-order valence-electron chi connectivity index (χ2n) is 15.4. The number of hydroxylamine groups is 1. The van der Waals surface area contributed by atoms with Crippen molar-refractivity contribution in [2.45, 2.75) is 88.7 Å². The van der Waals surface area contributed by atoms with Gasteiger partial charge in [-0.25, -0.2) is 23.7 Å². The number of amides is 1. The first kappa shape index (κ1) is 38.9. The number of nitrogens with one attached hydrogen (secondary N) is 1. The highest BCUT2D eigenvalue weighted by Crippen LogP contribution is 2.47. The van der Waals surface area contributed by atoms with Crippen LogP contribution in [0, 0.1) is 29.1 Å². The molecule has 0 bridgehead atoms. The van der Waals surface area contributed by atoms with E-state index in [9.17, 15) is 13.2 Å². The number of thiazole rings is 1. The summed E-state index contributed by atoms with van der Waals surface area (Å²) in [6.45, 7) is 9.40. The molecule has 8 nitrogen and oxygen atoms in total. The van der Waals surface area contributed by atoms with Gasteiger partial charge in [0.15, 0.2) is 16.1 Å². The summed E-state index contributed by atoms with van der Waals surface area (Å²) >= 11 is 1.47. The summed E-state index contributed by atoms with van der Waals surface area (Å²) < 4.78 is 37.5. The Morgan fingerprint density at radius 2 is 1.68 bits per heavy atom. The Kier molecular flexibility index (Phi) is 11.7. The minimum Gasteiger partial charge on any atom is -0.406 e. The lowest BCUT2D eigenvalue weighted by Crippen LogP contribution is -2.67. The van der Waals surface area contributed by atoms with Gasteiger partial charge in [-0.05, 0) is 84.5 Å². The van der Waals surface area contributed by atoms with Gasteiger partial charge < -0.3 is 9.16 Å². The van der Waals surface area contributed by atoms with E-state index in [1.54, 1.807) is 0 Å². The molecule has 1 aliphatic carbocycles. The smallest absolute Gasteiger partial charge is 0.264 e. The van der Waals surface area contributed by atoms with E-state index in [0.717, 1.165) is 52.7 Å². The largest absolute Gasteiger partial charge is 0.406 e. The average molecular weight is 769 g/mol. The fourth-order valence-corrected chi connectivity index (χ4v) is 13.2. The number of rotatable bonds is 12. The zero-order valence-electron chi connectivity index (χ0n) is 31.2. The highest BCUT2D eigenvalue weighted by atomic mass is 32.2. The van der Waals surface area contributed by atoms with Crippen molar-refractivity contribution in [2.75, 3.05) is 19.5 Å². The summed E-state index contributed by atoms with van der Waals surface area (Å²) in [5.41, 5.74) is 3.76. The van der Waals surface area contributed by atoms with Crippen LogP contribution in [0.25, 0.3) is 10.2 Å². The molecule has 2 atom stereocenters. The maximum atomic E-state index is 13.1. The summed E-state index contributed by atoms with van der Waals surface area (Å²) in [5, 5.41) is 3.15. The van der Waals surface area contributed by atoms with Gasteiger partial charge >= 0.3 is 0 Å². The molecule has 0 radical (unpaired) electrons. The van der Waals surface area contributed by atoms with Gasteiger partial charge in [-0.15, -0.1) is 11.3 Å². The Morgan fingerprint density at radius 1 is 1.00 bits per heavy atom. The first-order chi connectivity index (χ1) is 25.2. The first-order valence-electron chi connectivity index (χ1n) is 18.2. The van der Waals surface area contributed by atoms with Gasteiger partial charge in [0.2, 0.25) is 0 Å². The van der Waals surface area contributed by atoms with Gasteiger partial charge in [0.05, 0.1) is 27.2 Å². The number of carbonyl (C=O) groups excluding carboxylic acids is 1. The van der Waals surface area contributed by atoms with E-state index in [-0.39, 0.29) is 16.9 Å². The van der Waals surface area contributed by atoms with Gasteiger partial charge in [0.25, 0.3) is 14.2 Å². The van der Waals surface area contributed by atoms with E-state index in [1.165, 1.54) is 28.6 Å². The molecule has 1 saturated heterocycles. The third-order valence-corrected chi connectivity index (χ3v) is 18.5. The summed E-state index contributed by atoms with van der Waals surface area (Å²) in [4.78, 5) is 23.2. The van der Waals surface area contributed by atoms with Crippen LogP contribution < -0.4 is 15.9 Å². The molecule has 2 aliphatic rings. The van der Waals surface area contributed by atoms with Crippen molar-refractivity contribution in [3.8, 4) is 23.7 Å². The molecular formula is C42H48N2O6S2Si. The van der Waals surface area contributed by atoms with Crippen molar-refractivity contribution < 1.29 is 27.2 Å². The predicted molar refractivity (Wildman–Crippen MR) is 214 cm³/mol. The maximum absolute atomic E-state index is 13.1. The van der Waals surface area contributed by atoms with Crippen LogP contribution in [0.3, 0.4) is 0 Å². The number of sulfone groups is 1. The van der Waals surface area contributed by atoms with E-state index in [2.05, 4.69) is 111 Å². The lowest BCUT2D eigenvalue weighted by atomic mass is 10.0. The van der Waals surface area contributed by atoms with Crippen LogP contribution in [0.4, 0.5) is 0 Å². The summed E-state index contributed by atoms with van der Waals surface area (Å²) in [7, 11) is -6.43. The number of carbonyl (C=O) groups is 1. The van der Waals surface area contributed by atoms with Crippen LogP contribution in [0.15, 0.2) is 78.9 Å². The molecule has 278 valence electrons. The number of fused-ring (bicyclic) bond motifs is 1. The summed E-state index contributed by atoms with van der Waals surface area (Å²) in [6.07, 6.45) is 5.31. The predicted octanol–water partition coefficient (Wildman–Crippen LogP) is 6.32. The molecule has 11 heteroatoms. The number of hydrogen-bond donors (Lipinski definition) is 1. The molecule has 2 fully saturated rings. The van der Waals surface area contributed by atoms with Crippen LogP contribution in [-0.2, 0) is 35.1 Å². The number of hydrogen-bond acceptors (Lipinski definition) is 8. The minimum absolute atomic E-state index is 0.0517. The normalized spacial score (nSPS) is 18.2. The van der Waals surface area contributed by atoms with Crippen molar-refractivity contribution in [3.63, 3.8) is 0 Å². The Morgan fingerprint density at radius 3 is 2.26 bits per heavy atom. The van der Waals surface area contributed by atoms with Crippen molar-refractivity contribution >= 4 is 56.0 Å². The Balaban J connectivity index is 1.12. The molecule has 1 N–H and O–H groups in total. The molecule has 1 amide bonds. The monoisotopic (exact) mass is 768 g/mol. The average Bonchev–Trinajstić information content (AvgIpc) is 3.80. The molecule has 4 aromatic rings. The molecule has 3 aromatic carbocycles. The van der Waals surface area contributed by atoms with Gasteiger partial charge in [-0.2, -0.15) is 0 Å². The van der Waals surface area contributed by atoms with Crippen LogP contribution in [0.5, 0.6) is 0 Å². The Labute approximate surface area is 319 Å².